The Bertz CT molecular complexity index is 988. The summed E-state index contributed by atoms with van der Waals surface area (Å²) in [5.74, 6) is -0.339. The highest BCUT2D eigenvalue weighted by atomic mass is 16.2. The van der Waals surface area contributed by atoms with Gasteiger partial charge in [-0.05, 0) is 43.0 Å². The Balaban J connectivity index is 1.57. The quantitative estimate of drug-likeness (QED) is 0.631. The second-order valence-corrected chi connectivity index (χ2v) is 7.19. The number of fused-ring (bicyclic) bond motifs is 1. The summed E-state index contributed by atoms with van der Waals surface area (Å²) in [4.78, 5) is 28.8. The van der Waals surface area contributed by atoms with Crippen molar-refractivity contribution in [2.24, 2.45) is 0 Å². The SMILES string of the molecule is Cc1ccccc1C(=O)N[C@@H](Cc1c[nH]c2ccccc12)C(=O)NC1CC1. The predicted molar refractivity (Wildman–Crippen MR) is 106 cm³/mol. The Morgan fingerprint density at radius 3 is 2.63 bits per heavy atom. The molecule has 27 heavy (non-hydrogen) atoms. The molecule has 0 aliphatic heterocycles. The van der Waals surface area contributed by atoms with Crippen molar-refractivity contribution in [1.29, 1.82) is 0 Å². The third kappa shape index (κ3) is 3.87. The standard InChI is InChI=1S/C22H23N3O2/c1-14-6-2-3-7-17(14)21(26)25-20(22(27)24-16-10-11-16)12-15-13-23-19-9-5-4-8-18(15)19/h2-9,13,16,20,23H,10-12H2,1H3,(H,24,27)(H,25,26)/t20-/m0/s1. The van der Waals surface area contributed by atoms with Gasteiger partial charge in [0.05, 0.1) is 0 Å². The first-order valence-corrected chi connectivity index (χ1v) is 9.33. The molecule has 5 heteroatoms. The molecule has 1 aliphatic carbocycles. The maximum atomic E-state index is 12.8. The first-order valence-electron chi connectivity index (χ1n) is 9.33. The van der Waals surface area contributed by atoms with E-state index in [4.69, 9.17) is 0 Å². The zero-order valence-electron chi connectivity index (χ0n) is 15.3. The topological polar surface area (TPSA) is 74.0 Å². The average molecular weight is 361 g/mol. The Morgan fingerprint density at radius 2 is 1.85 bits per heavy atom. The van der Waals surface area contributed by atoms with Crippen LogP contribution in [-0.4, -0.2) is 28.9 Å². The Kier molecular flexibility index (Phi) is 4.67. The number of nitrogens with one attached hydrogen (secondary N) is 3. The molecule has 2 amide bonds. The van der Waals surface area contributed by atoms with Gasteiger partial charge in [-0.3, -0.25) is 9.59 Å². The normalized spacial score (nSPS) is 14.7. The smallest absolute Gasteiger partial charge is 0.252 e. The number of carbonyl (C=O) groups is 2. The van der Waals surface area contributed by atoms with E-state index in [0.29, 0.717) is 12.0 Å². The van der Waals surface area contributed by atoms with Crippen molar-refractivity contribution in [3.63, 3.8) is 0 Å². The van der Waals surface area contributed by atoms with Crippen LogP contribution in [0.5, 0.6) is 0 Å². The molecule has 1 aromatic heterocycles. The van der Waals surface area contributed by atoms with Gasteiger partial charge < -0.3 is 15.6 Å². The molecular formula is C22H23N3O2. The van der Waals surface area contributed by atoms with Crippen molar-refractivity contribution in [2.75, 3.05) is 0 Å². The van der Waals surface area contributed by atoms with Crippen LogP contribution in [0, 0.1) is 6.92 Å². The summed E-state index contributed by atoms with van der Waals surface area (Å²) in [6.07, 6.45) is 4.39. The second-order valence-electron chi connectivity index (χ2n) is 7.19. The summed E-state index contributed by atoms with van der Waals surface area (Å²) < 4.78 is 0. The highest BCUT2D eigenvalue weighted by molar-refractivity contribution is 5.99. The van der Waals surface area contributed by atoms with Gasteiger partial charge in [-0.2, -0.15) is 0 Å². The van der Waals surface area contributed by atoms with Crippen molar-refractivity contribution in [3.8, 4) is 0 Å². The number of para-hydroxylation sites is 1. The number of aryl methyl sites for hydroxylation is 1. The molecule has 0 bridgehead atoms. The van der Waals surface area contributed by atoms with Crippen LogP contribution in [0.25, 0.3) is 10.9 Å². The Hall–Kier alpha value is -3.08. The van der Waals surface area contributed by atoms with E-state index < -0.39 is 6.04 Å². The van der Waals surface area contributed by atoms with E-state index in [1.807, 2.05) is 55.6 Å². The molecule has 4 rings (SSSR count). The highest BCUT2D eigenvalue weighted by Gasteiger charge is 2.29. The molecule has 1 aliphatic rings. The number of amides is 2. The fourth-order valence-electron chi connectivity index (χ4n) is 3.32. The summed E-state index contributed by atoms with van der Waals surface area (Å²) in [5.41, 5.74) is 3.54. The number of carbonyl (C=O) groups excluding carboxylic acids is 2. The molecule has 0 spiro atoms. The van der Waals surface area contributed by atoms with Crippen molar-refractivity contribution in [1.82, 2.24) is 15.6 Å². The lowest BCUT2D eigenvalue weighted by Crippen LogP contribution is -2.48. The van der Waals surface area contributed by atoms with E-state index >= 15 is 0 Å². The minimum absolute atomic E-state index is 0.121. The second kappa shape index (κ2) is 7.27. The van der Waals surface area contributed by atoms with Crippen molar-refractivity contribution in [3.05, 3.63) is 71.4 Å². The van der Waals surface area contributed by atoms with Crippen LogP contribution in [0.2, 0.25) is 0 Å². The van der Waals surface area contributed by atoms with E-state index in [-0.39, 0.29) is 17.9 Å². The zero-order chi connectivity index (χ0) is 18.8. The minimum atomic E-state index is -0.614. The van der Waals surface area contributed by atoms with E-state index in [1.165, 1.54) is 0 Å². The number of rotatable bonds is 6. The van der Waals surface area contributed by atoms with E-state index in [2.05, 4.69) is 15.6 Å². The van der Waals surface area contributed by atoms with Crippen molar-refractivity contribution < 1.29 is 9.59 Å². The summed E-state index contributed by atoms with van der Waals surface area (Å²) in [7, 11) is 0. The van der Waals surface area contributed by atoms with Crippen molar-refractivity contribution in [2.45, 2.75) is 38.3 Å². The molecule has 3 N–H and O–H groups in total. The molecule has 2 aromatic carbocycles. The summed E-state index contributed by atoms with van der Waals surface area (Å²) in [5, 5.41) is 7.04. The molecule has 1 atom stereocenters. The summed E-state index contributed by atoms with van der Waals surface area (Å²) in [6, 6.07) is 15.0. The zero-order valence-corrected chi connectivity index (χ0v) is 15.3. The van der Waals surface area contributed by atoms with E-state index in [9.17, 15) is 9.59 Å². The van der Waals surface area contributed by atoms with Gasteiger partial charge in [-0.1, -0.05) is 36.4 Å². The lowest BCUT2D eigenvalue weighted by atomic mass is 10.0. The summed E-state index contributed by atoms with van der Waals surface area (Å²) >= 11 is 0. The molecule has 0 saturated heterocycles. The lowest BCUT2D eigenvalue weighted by Gasteiger charge is -2.19. The first kappa shape index (κ1) is 17.3. The molecule has 1 fully saturated rings. The minimum Gasteiger partial charge on any atom is -0.361 e. The fourth-order valence-corrected chi connectivity index (χ4v) is 3.32. The number of H-pyrrole nitrogens is 1. The van der Waals surface area contributed by atoms with Gasteiger partial charge in [0.25, 0.3) is 5.91 Å². The maximum Gasteiger partial charge on any atom is 0.252 e. The van der Waals surface area contributed by atoms with Crippen LogP contribution in [0.4, 0.5) is 0 Å². The number of benzene rings is 2. The number of hydrogen-bond acceptors (Lipinski definition) is 2. The predicted octanol–water partition coefficient (Wildman–Crippen LogP) is 3.10. The van der Waals surface area contributed by atoms with E-state index in [0.717, 1.165) is 34.9 Å². The van der Waals surface area contributed by atoms with Crippen molar-refractivity contribution >= 4 is 22.7 Å². The van der Waals surface area contributed by atoms with Gasteiger partial charge in [-0.15, -0.1) is 0 Å². The van der Waals surface area contributed by atoms with Gasteiger partial charge in [0, 0.05) is 35.1 Å². The highest BCUT2D eigenvalue weighted by Crippen LogP contribution is 2.21. The van der Waals surface area contributed by atoms with Gasteiger partial charge in [0.2, 0.25) is 5.91 Å². The molecule has 0 radical (unpaired) electrons. The van der Waals surface area contributed by atoms with Crippen LogP contribution < -0.4 is 10.6 Å². The Morgan fingerprint density at radius 1 is 1.11 bits per heavy atom. The molecule has 5 nitrogen and oxygen atoms in total. The number of aromatic nitrogens is 1. The molecule has 138 valence electrons. The fraction of sp³-hybridized carbons (Fsp3) is 0.273. The lowest BCUT2D eigenvalue weighted by molar-refractivity contribution is -0.123. The van der Waals surface area contributed by atoms with Gasteiger partial charge >= 0.3 is 0 Å². The molecule has 3 aromatic rings. The maximum absolute atomic E-state index is 12.8. The molecule has 1 heterocycles. The summed E-state index contributed by atoms with van der Waals surface area (Å²) in [6.45, 7) is 1.90. The Labute approximate surface area is 158 Å². The number of hydrogen-bond donors (Lipinski definition) is 3. The van der Waals surface area contributed by atoms with Crippen LogP contribution in [0.3, 0.4) is 0 Å². The van der Waals surface area contributed by atoms with Gasteiger partial charge in [0.15, 0.2) is 0 Å². The third-order valence-electron chi connectivity index (χ3n) is 5.03. The van der Waals surface area contributed by atoms with E-state index in [1.54, 1.807) is 6.07 Å². The van der Waals surface area contributed by atoms with Gasteiger partial charge in [0.1, 0.15) is 6.04 Å². The third-order valence-corrected chi connectivity index (χ3v) is 5.03. The average Bonchev–Trinajstić information content (AvgIpc) is 3.39. The molecule has 1 saturated carbocycles. The monoisotopic (exact) mass is 361 g/mol. The van der Waals surface area contributed by atoms with Crippen LogP contribution in [0.1, 0.15) is 34.3 Å². The van der Waals surface area contributed by atoms with Crippen LogP contribution >= 0.6 is 0 Å². The first-order chi connectivity index (χ1) is 13.1. The largest absolute Gasteiger partial charge is 0.361 e. The number of aromatic amines is 1. The molecular weight excluding hydrogens is 338 g/mol. The molecule has 0 unspecified atom stereocenters. The van der Waals surface area contributed by atoms with Crippen LogP contribution in [0.15, 0.2) is 54.7 Å². The van der Waals surface area contributed by atoms with Gasteiger partial charge in [-0.25, -0.2) is 0 Å². The van der Waals surface area contributed by atoms with Crippen LogP contribution in [-0.2, 0) is 11.2 Å².